The van der Waals surface area contributed by atoms with Crippen LogP contribution in [0.3, 0.4) is 0 Å². The van der Waals surface area contributed by atoms with Crippen molar-refractivity contribution in [3.05, 3.63) is 76.5 Å². The molecule has 1 aliphatic heterocycles. The van der Waals surface area contributed by atoms with Crippen LogP contribution in [-0.2, 0) is 28.2 Å². The Kier molecular flexibility index (Phi) is 4.92. The molecule has 3 aromatic rings. The Labute approximate surface area is 198 Å². The van der Waals surface area contributed by atoms with Crippen molar-refractivity contribution in [3.8, 4) is 0 Å². The van der Waals surface area contributed by atoms with E-state index in [-0.39, 0.29) is 23.8 Å². The quantitative estimate of drug-likeness (QED) is 0.461. The van der Waals surface area contributed by atoms with Gasteiger partial charge in [-0.1, -0.05) is 24.3 Å². The van der Waals surface area contributed by atoms with Gasteiger partial charge in [0.05, 0.1) is 12.3 Å². The van der Waals surface area contributed by atoms with Crippen LogP contribution < -0.4 is 5.73 Å². The van der Waals surface area contributed by atoms with Gasteiger partial charge in [-0.05, 0) is 55.9 Å². The van der Waals surface area contributed by atoms with Crippen molar-refractivity contribution in [3.63, 3.8) is 0 Å². The normalized spacial score (nSPS) is 22.7. The molecule has 1 atom stereocenters. The first-order valence-corrected chi connectivity index (χ1v) is 12.8. The Morgan fingerprint density at radius 2 is 2.03 bits per heavy atom. The number of hydrogen-bond acceptors (Lipinski definition) is 6. The maximum absolute atomic E-state index is 13.1. The molecule has 1 spiro atoms. The number of nitrogens with zero attached hydrogens (tertiary/aromatic N) is 4. The van der Waals surface area contributed by atoms with Crippen molar-refractivity contribution in [2.75, 3.05) is 5.75 Å². The molecule has 0 fully saturated rings. The molecule has 2 aromatic heterocycles. The van der Waals surface area contributed by atoms with Crippen LogP contribution >= 0.6 is 0 Å². The summed E-state index contributed by atoms with van der Waals surface area (Å²) in [6.45, 7) is 10.3. The molecule has 0 saturated carbocycles. The number of fused-ring (bicyclic) bond motifs is 3. The van der Waals surface area contributed by atoms with E-state index in [1.54, 1.807) is 42.8 Å². The van der Waals surface area contributed by atoms with Crippen molar-refractivity contribution < 1.29 is 13.2 Å². The molecule has 1 aromatic carbocycles. The number of carbonyl (C=O) groups is 1. The zero-order valence-corrected chi connectivity index (χ0v) is 19.9. The van der Waals surface area contributed by atoms with Gasteiger partial charge in [-0.15, -0.1) is 0 Å². The number of aromatic nitrogens is 2. The molecule has 0 unspecified atom stereocenters. The van der Waals surface area contributed by atoms with E-state index in [0.717, 1.165) is 29.5 Å². The zero-order valence-electron chi connectivity index (χ0n) is 19.1. The average molecular weight is 476 g/mol. The summed E-state index contributed by atoms with van der Waals surface area (Å²) in [6.07, 6.45) is 5.66. The number of aryl methyl sites for hydroxylation is 1. The second-order valence-corrected chi connectivity index (χ2v) is 12.2. The summed E-state index contributed by atoms with van der Waals surface area (Å²) in [5.74, 6) is -0.108. The minimum Gasteiger partial charge on any atom is -0.386 e. The molecule has 0 amide bonds. The number of Topliss-reactive ketones (excluding diaryl/α,β-unsaturated/α-hetero) is 1. The van der Waals surface area contributed by atoms with E-state index in [4.69, 9.17) is 17.3 Å². The third kappa shape index (κ3) is 3.41. The van der Waals surface area contributed by atoms with Gasteiger partial charge in [0.2, 0.25) is 5.69 Å². The third-order valence-electron chi connectivity index (χ3n) is 7.08. The lowest BCUT2D eigenvalue weighted by molar-refractivity contribution is 0.0988. The van der Waals surface area contributed by atoms with Crippen molar-refractivity contribution >= 4 is 32.8 Å². The number of imidazole rings is 1. The maximum atomic E-state index is 13.1. The van der Waals surface area contributed by atoms with Crippen molar-refractivity contribution in [1.29, 1.82) is 0 Å². The van der Waals surface area contributed by atoms with Gasteiger partial charge in [-0.3, -0.25) is 9.79 Å². The Hall–Kier alpha value is -3.51. The SMILES string of the molecule is [C-]#[N+]c1ccc2nc(C(=O)Cc3ccc4c(c3)[C@]3(CCC4)CS(=O)(=O)C(C)(C)C(N)=N3)cn2c1. The van der Waals surface area contributed by atoms with E-state index in [9.17, 15) is 13.2 Å². The van der Waals surface area contributed by atoms with Crippen molar-refractivity contribution in [2.24, 2.45) is 10.7 Å². The Morgan fingerprint density at radius 3 is 2.76 bits per heavy atom. The lowest BCUT2D eigenvalue weighted by atomic mass is 9.76. The molecule has 0 bridgehead atoms. The molecule has 1 aliphatic carbocycles. The van der Waals surface area contributed by atoms with E-state index >= 15 is 0 Å². The molecule has 174 valence electrons. The van der Waals surface area contributed by atoms with Crippen LogP contribution in [0.5, 0.6) is 0 Å². The maximum Gasteiger partial charge on any atom is 0.203 e. The summed E-state index contributed by atoms with van der Waals surface area (Å²) in [7, 11) is -3.52. The first kappa shape index (κ1) is 22.3. The number of aliphatic imine (C=N–C) groups is 1. The van der Waals surface area contributed by atoms with Gasteiger partial charge in [0.1, 0.15) is 27.5 Å². The monoisotopic (exact) mass is 475 g/mol. The van der Waals surface area contributed by atoms with Crippen LogP contribution in [0.1, 0.15) is 53.9 Å². The highest BCUT2D eigenvalue weighted by Gasteiger charge is 2.51. The number of sulfone groups is 1. The second-order valence-electron chi connectivity index (χ2n) is 9.63. The topological polar surface area (TPSA) is 111 Å². The fraction of sp³-hybridized carbons (Fsp3) is 0.360. The van der Waals surface area contributed by atoms with Crippen LogP contribution in [0.15, 0.2) is 47.7 Å². The summed E-state index contributed by atoms with van der Waals surface area (Å²) < 4.78 is 26.7. The lowest BCUT2D eigenvalue weighted by Gasteiger charge is -2.43. The minimum absolute atomic E-state index is 0.0894. The van der Waals surface area contributed by atoms with Crippen LogP contribution in [0, 0.1) is 6.57 Å². The summed E-state index contributed by atoms with van der Waals surface area (Å²) >= 11 is 0. The average Bonchev–Trinajstić information content (AvgIpc) is 3.22. The highest BCUT2D eigenvalue weighted by molar-refractivity contribution is 7.93. The predicted molar refractivity (Wildman–Crippen MR) is 130 cm³/mol. The lowest BCUT2D eigenvalue weighted by Crippen LogP contribution is -2.56. The standard InChI is InChI=1S/C25H25N5O3S/c1-24(2)23(26)29-25(15-34(24,32)33)10-4-5-17-7-6-16(11-19(17)25)12-21(31)20-14-30-13-18(27-3)8-9-22(30)28-20/h6-9,11,13-14H,4-5,10,12,15H2,1-2H3,(H2,26,29)/t25-/m0/s1. The summed E-state index contributed by atoms with van der Waals surface area (Å²) in [5.41, 5.74) is 9.34. The molecule has 8 nitrogen and oxygen atoms in total. The van der Waals surface area contributed by atoms with Gasteiger partial charge in [-0.25, -0.2) is 18.2 Å². The van der Waals surface area contributed by atoms with Crippen molar-refractivity contribution in [2.45, 2.75) is 49.8 Å². The molecule has 2 aliphatic rings. The second kappa shape index (κ2) is 7.50. The van der Waals surface area contributed by atoms with Gasteiger partial charge in [-0.2, -0.15) is 0 Å². The third-order valence-corrected chi connectivity index (χ3v) is 9.71. The first-order chi connectivity index (χ1) is 16.0. The number of rotatable bonds is 3. The zero-order chi connectivity index (χ0) is 24.3. The van der Waals surface area contributed by atoms with E-state index in [1.807, 2.05) is 18.2 Å². The molecule has 0 radical (unpaired) electrons. The molecular weight excluding hydrogens is 450 g/mol. The van der Waals surface area contributed by atoms with Gasteiger partial charge < -0.3 is 10.1 Å². The van der Waals surface area contributed by atoms with Gasteiger partial charge in [0.15, 0.2) is 15.6 Å². The van der Waals surface area contributed by atoms with Crippen LogP contribution in [0.2, 0.25) is 0 Å². The Bertz CT molecular complexity index is 1530. The highest BCUT2D eigenvalue weighted by atomic mass is 32.2. The fourth-order valence-electron chi connectivity index (χ4n) is 4.86. The number of pyridine rings is 1. The number of carbonyl (C=O) groups excluding carboxylic acids is 1. The van der Waals surface area contributed by atoms with E-state index in [1.165, 1.54) is 0 Å². The van der Waals surface area contributed by atoms with E-state index < -0.39 is 20.1 Å². The summed E-state index contributed by atoms with van der Waals surface area (Å²) in [6, 6.07) is 9.18. The Morgan fingerprint density at radius 1 is 1.24 bits per heavy atom. The largest absolute Gasteiger partial charge is 0.386 e. The predicted octanol–water partition coefficient (Wildman–Crippen LogP) is 3.41. The number of amidine groups is 1. The first-order valence-electron chi connectivity index (χ1n) is 11.1. The molecule has 9 heteroatoms. The van der Waals surface area contributed by atoms with Crippen LogP contribution in [0.25, 0.3) is 10.5 Å². The molecule has 0 saturated heterocycles. The van der Waals surface area contributed by atoms with E-state index in [0.29, 0.717) is 23.4 Å². The van der Waals surface area contributed by atoms with Gasteiger partial charge >= 0.3 is 0 Å². The van der Waals surface area contributed by atoms with E-state index in [2.05, 4.69) is 9.83 Å². The number of nitrogens with two attached hydrogens (primary N) is 1. The van der Waals surface area contributed by atoms with Crippen molar-refractivity contribution in [1.82, 2.24) is 9.38 Å². The molecule has 5 rings (SSSR count). The van der Waals surface area contributed by atoms with Crippen LogP contribution in [0.4, 0.5) is 5.69 Å². The van der Waals surface area contributed by atoms with Crippen LogP contribution in [-0.4, -0.2) is 39.9 Å². The number of ketones is 1. The smallest absolute Gasteiger partial charge is 0.203 e. The summed E-state index contributed by atoms with van der Waals surface area (Å²) in [4.78, 5) is 25.6. The molecule has 2 N–H and O–H groups in total. The fourth-order valence-corrected chi connectivity index (χ4v) is 6.58. The Balaban J connectivity index is 1.50. The summed E-state index contributed by atoms with van der Waals surface area (Å²) in [5, 5.41) is 0. The van der Waals surface area contributed by atoms with Gasteiger partial charge in [0, 0.05) is 18.8 Å². The van der Waals surface area contributed by atoms with Gasteiger partial charge in [0.25, 0.3) is 0 Å². The number of hydrogen-bond donors (Lipinski definition) is 1. The highest BCUT2D eigenvalue weighted by Crippen LogP contribution is 2.45. The number of benzene rings is 1. The molecular formula is C25H25N5O3S. The molecule has 3 heterocycles. The molecule has 34 heavy (non-hydrogen) atoms. The minimum atomic E-state index is -3.52.